The normalized spacial score (nSPS) is 17.6. The van der Waals surface area contributed by atoms with Crippen molar-refractivity contribution in [2.24, 2.45) is 5.92 Å². The van der Waals surface area contributed by atoms with Gasteiger partial charge in [-0.2, -0.15) is 0 Å². The average Bonchev–Trinajstić information content (AvgIpc) is 2.67. The molecule has 1 aromatic carbocycles. The number of ether oxygens (including phenoxy) is 2. The van der Waals surface area contributed by atoms with Crippen LogP contribution in [0.15, 0.2) is 24.3 Å². The van der Waals surface area contributed by atoms with Crippen LogP contribution in [0.1, 0.15) is 26.7 Å². The monoisotopic (exact) mass is 381 g/mol. The molecule has 2 atom stereocenters. The summed E-state index contributed by atoms with van der Waals surface area (Å²) in [4.78, 5) is 37.6. The van der Waals surface area contributed by atoms with E-state index in [-0.39, 0.29) is 19.1 Å². The van der Waals surface area contributed by atoms with Crippen LogP contribution in [-0.4, -0.2) is 48.6 Å². The molecule has 0 unspecified atom stereocenters. The van der Waals surface area contributed by atoms with Crippen molar-refractivity contribution in [2.75, 3.05) is 19.7 Å². The first-order valence-electron chi connectivity index (χ1n) is 8.84. The summed E-state index contributed by atoms with van der Waals surface area (Å²) < 4.78 is 23.2. The van der Waals surface area contributed by atoms with E-state index in [1.54, 1.807) is 6.92 Å². The highest BCUT2D eigenvalue weighted by Crippen LogP contribution is 2.17. The number of nitrogens with one attached hydrogen (secondary N) is 2. The van der Waals surface area contributed by atoms with Crippen LogP contribution < -0.4 is 15.6 Å². The molecule has 2 rings (SSSR count). The molecule has 1 aromatic rings. The first-order chi connectivity index (χ1) is 12.9. The second-order valence-electron chi connectivity index (χ2n) is 6.18. The van der Waals surface area contributed by atoms with Crippen molar-refractivity contribution < 1.29 is 28.2 Å². The lowest BCUT2D eigenvalue weighted by Crippen LogP contribution is -2.52. The Balaban J connectivity index is 1.78. The van der Waals surface area contributed by atoms with Gasteiger partial charge in [0.2, 0.25) is 5.91 Å². The third-order valence-corrected chi connectivity index (χ3v) is 4.12. The minimum absolute atomic E-state index is 0.238. The third-order valence-electron chi connectivity index (χ3n) is 4.12. The standard InChI is InChI=1S/C18H24FN3O5/c1-3-26-18(25)22-10-4-5-13(11-22)17(24)21-20-16(23)12(2)27-15-8-6-14(19)7-9-15/h6-9,12-13H,3-5,10-11H2,1-2H3,(H,20,23)(H,21,24)/t12-,13-/m1/s1. The van der Waals surface area contributed by atoms with E-state index in [9.17, 15) is 18.8 Å². The molecule has 9 heteroatoms. The van der Waals surface area contributed by atoms with E-state index in [1.165, 1.54) is 36.1 Å². The largest absolute Gasteiger partial charge is 0.481 e. The van der Waals surface area contributed by atoms with Crippen molar-refractivity contribution in [1.82, 2.24) is 15.8 Å². The quantitative estimate of drug-likeness (QED) is 0.756. The Bertz CT molecular complexity index is 667. The van der Waals surface area contributed by atoms with Crippen LogP contribution in [0, 0.1) is 11.7 Å². The van der Waals surface area contributed by atoms with Gasteiger partial charge in [-0.15, -0.1) is 0 Å². The van der Waals surface area contributed by atoms with E-state index >= 15 is 0 Å². The second-order valence-corrected chi connectivity index (χ2v) is 6.18. The number of hydrogen-bond acceptors (Lipinski definition) is 5. The van der Waals surface area contributed by atoms with E-state index in [1.807, 2.05) is 0 Å². The molecule has 0 spiro atoms. The Morgan fingerprint density at radius 3 is 2.63 bits per heavy atom. The molecule has 1 heterocycles. The molecule has 0 bridgehead atoms. The zero-order chi connectivity index (χ0) is 19.8. The molecule has 27 heavy (non-hydrogen) atoms. The van der Waals surface area contributed by atoms with Crippen molar-refractivity contribution in [1.29, 1.82) is 0 Å². The fourth-order valence-electron chi connectivity index (χ4n) is 2.67. The Labute approximate surface area is 157 Å². The molecule has 3 amide bonds. The van der Waals surface area contributed by atoms with Crippen molar-refractivity contribution >= 4 is 17.9 Å². The molecule has 1 aliphatic rings. The van der Waals surface area contributed by atoms with E-state index in [0.717, 1.165) is 0 Å². The minimum Gasteiger partial charge on any atom is -0.481 e. The first-order valence-corrected chi connectivity index (χ1v) is 8.84. The van der Waals surface area contributed by atoms with Crippen LogP contribution in [0.25, 0.3) is 0 Å². The van der Waals surface area contributed by atoms with Crippen molar-refractivity contribution in [3.8, 4) is 5.75 Å². The minimum atomic E-state index is -0.891. The summed E-state index contributed by atoms with van der Waals surface area (Å²) in [7, 11) is 0. The van der Waals surface area contributed by atoms with E-state index in [0.29, 0.717) is 25.1 Å². The van der Waals surface area contributed by atoms with Gasteiger partial charge in [0.25, 0.3) is 5.91 Å². The predicted molar refractivity (Wildman–Crippen MR) is 94.1 cm³/mol. The third kappa shape index (κ3) is 6.12. The maximum absolute atomic E-state index is 12.9. The number of halogens is 1. The average molecular weight is 381 g/mol. The Morgan fingerprint density at radius 2 is 1.96 bits per heavy atom. The summed E-state index contributed by atoms with van der Waals surface area (Å²) in [6.07, 6.45) is -0.0488. The zero-order valence-corrected chi connectivity index (χ0v) is 15.4. The summed E-state index contributed by atoms with van der Waals surface area (Å²) in [5.74, 6) is -1.44. The van der Waals surface area contributed by atoms with E-state index in [2.05, 4.69) is 10.9 Å². The first kappa shape index (κ1) is 20.5. The molecule has 8 nitrogen and oxygen atoms in total. The number of carbonyl (C=O) groups is 3. The molecular weight excluding hydrogens is 357 g/mol. The number of amides is 3. The summed E-state index contributed by atoms with van der Waals surface area (Å²) in [5.41, 5.74) is 4.67. The number of nitrogens with zero attached hydrogens (tertiary/aromatic N) is 1. The van der Waals surface area contributed by atoms with Crippen LogP contribution in [0.2, 0.25) is 0 Å². The molecule has 1 fully saturated rings. The molecule has 0 saturated carbocycles. The molecule has 0 aromatic heterocycles. The topological polar surface area (TPSA) is 97.0 Å². The van der Waals surface area contributed by atoms with Crippen molar-refractivity contribution in [2.45, 2.75) is 32.8 Å². The summed E-state index contributed by atoms with van der Waals surface area (Å²) >= 11 is 0. The van der Waals surface area contributed by atoms with Crippen molar-refractivity contribution in [3.63, 3.8) is 0 Å². The van der Waals surface area contributed by atoms with Crippen LogP contribution in [0.5, 0.6) is 5.75 Å². The van der Waals surface area contributed by atoms with Crippen LogP contribution in [0.4, 0.5) is 9.18 Å². The van der Waals surface area contributed by atoms with Gasteiger partial charge in [-0.3, -0.25) is 20.4 Å². The lowest BCUT2D eigenvalue weighted by atomic mass is 9.98. The molecule has 0 aliphatic carbocycles. The number of rotatable bonds is 5. The lowest BCUT2D eigenvalue weighted by Gasteiger charge is -2.31. The number of hydrogen-bond donors (Lipinski definition) is 2. The highest BCUT2D eigenvalue weighted by atomic mass is 19.1. The van der Waals surface area contributed by atoms with Crippen LogP contribution in [0.3, 0.4) is 0 Å². The highest BCUT2D eigenvalue weighted by molar-refractivity contribution is 5.86. The molecule has 1 saturated heterocycles. The van der Waals surface area contributed by atoms with Gasteiger partial charge in [0.15, 0.2) is 6.10 Å². The highest BCUT2D eigenvalue weighted by Gasteiger charge is 2.29. The molecule has 148 valence electrons. The number of piperidine rings is 1. The van der Waals surface area contributed by atoms with Gasteiger partial charge in [0.05, 0.1) is 12.5 Å². The lowest BCUT2D eigenvalue weighted by molar-refractivity contribution is -0.135. The Hall–Kier alpha value is -2.84. The summed E-state index contributed by atoms with van der Waals surface area (Å²) in [6.45, 7) is 4.28. The molecule has 2 N–H and O–H groups in total. The maximum Gasteiger partial charge on any atom is 0.409 e. The number of hydrazine groups is 1. The Morgan fingerprint density at radius 1 is 1.26 bits per heavy atom. The zero-order valence-electron chi connectivity index (χ0n) is 15.4. The van der Waals surface area contributed by atoms with Crippen molar-refractivity contribution in [3.05, 3.63) is 30.1 Å². The van der Waals surface area contributed by atoms with Gasteiger partial charge in [0.1, 0.15) is 11.6 Å². The van der Waals surface area contributed by atoms with Gasteiger partial charge in [-0.25, -0.2) is 9.18 Å². The van der Waals surface area contributed by atoms with Gasteiger partial charge in [-0.05, 0) is 51.0 Å². The van der Waals surface area contributed by atoms with Gasteiger partial charge < -0.3 is 14.4 Å². The van der Waals surface area contributed by atoms with Crippen LogP contribution in [-0.2, 0) is 14.3 Å². The predicted octanol–water partition coefficient (Wildman–Crippen LogP) is 1.61. The number of likely N-dealkylation sites (tertiary alicyclic amines) is 1. The number of benzene rings is 1. The summed E-state index contributed by atoms with van der Waals surface area (Å²) in [5, 5.41) is 0. The van der Waals surface area contributed by atoms with E-state index < -0.39 is 29.8 Å². The fraction of sp³-hybridized carbons (Fsp3) is 0.500. The summed E-state index contributed by atoms with van der Waals surface area (Å²) in [6, 6.07) is 5.26. The molecule has 0 radical (unpaired) electrons. The van der Waals surface area contributed by atoms with E-state index in [4.69, 9.17) is 9.47 Å². The number of carbonyl (C=O) groups excluding carboxylic acids is 3. The fourth-order valence-corrected chi connectivity index (χ4v) is 2.67. The van der Waals surface area contributed by atoms with Crippen LogP contribution >= 0.6 is 0 Å². The second kappa shape index (κ2) is 9.75. The van der Waals surface area contributed by atoms with Gasteiger partial charge in [0, 0.05) is 13.1 Å². The molecular formula is C18H24FN3O5. The molecule has 1 aliphatic heterocycles. The van der Waals surface area contributed by atoms with Gasteiger partial charge >= 0.3 is 6.09 Å². The SMILES string of the molecule is CCOC(=O)N1CCC[C@@H](C(=O)NNC(=O)[C@@H](C)Oc2ccc(F)cc2)C1. The maximum atomic E-state index is 12.9. The van der Waals surface area contributed by atoms with Gasteiger partial charge in [-0.1, -0.05) is 0 Å². The smallest absolute Gasteiger partial charge is 0.409 e. The Kier molecular flexibility index (Phi) is 7.39.